The number of para-hydroxylation sites is 1. The van der Waals surface area contributed by atoms with Crippen molar-refractivity contribution in [1.29, 1.82) is 0 Å². The first kappa shape index (κ1) is 13.2. The summed E-state index contributed by atoms with van der Waals surface area (Å²) in [4.78, 5) is 8.58. The molecule has 0 unspecified atom stereocenters. The van der Waals surface area contributed by atoms with Crippen LogP contribution in [0.15, 0.2) is 24.3 Å². The Morgan fingerprint density at radius 3 is 2.80 bits per heavy atom. The lowest BCUT2D eigenvalue weighted by molar-refractivity contribution is 0.491. The van der Waals surface area contributed by atoms with Gasteiger partial charge in [-0.25, -0.2) is 4.98 Å². The highest BCUT2D eigenvalue weighted by molar-refractivity contribution is 5.89. The predicted molar refractivity (Wildman–Crippen MR) is 83.6 cm³/mol. The van der Waals surface area contributed by atoms with Crippen molar-refractivity contribution in [2.24, 2.45) is 5.92 Å². The standard InChI is InChI=1S/C16H22N4/c17-16-19-14-10-4-3-9-13(14)15(20-16)18-11-5-8-12-6-1-2-7-12/h3-4,9-10,12H,1-2,5-8,11H2,(H3,17,18,19,20). The molecule has 0 spiro atoms. The Hall–Kier alpha value is -1.84. The van der Waals surface area contributed by atoms with E-state index in [0.29, 0.717) is 5.95 Å². The van der Waals surface area contributed by atoms with Gasteiger partial charge in [0.05, 0.1) is 5.52 Å². The van der Waals surface area contributed by atoms with Crippen LogP contribution in [0.4, 0.5) is 11.8 Å². The zero-order valence-electron chi connectivity index (χ0n) is 11.8. The van der Waals surface area contributed by atoms with Gasteiger partial charge in [-0.05, 0) is 30.9 Å². The molecule has 2 aromatic rings. The van der Waals surface area contributed by atoms with Gasteiger partial charge in [-0.15, -0.1) is 0 Å². The van der Waals surface area contributed by atoms with Crippen molar-refractivity contribution in [3.63, 3.8) is 0 Å². The van der Waals surface area contributed by atoms with Crippen molar-refractivity contribution in [3.05, 3.63) is 24.3 Å². The minimum Gasteiger partial charge on any atom is -0.369 e. The van der Waals surface area contributed by atoms with Gasteiger partial charge in [-0.2, -0.15) is 4.98 Å². The third-order valence-corrected chi connectivity index (χ3v) is 4.18. The molecule has 1 fully saturated rings. The molecule has 0 amide bonds. The topological polar surface area (TPSA) is 63.8 Å². The Morgan fingerprint density at radius 2 is 1.95 bits per heavy atom. The lowest BCUT2D eigenvalue weighted by Crippen LogP contribution is -2.08. The number of benzene rings is 1. The molecule has 1 aliphatic rings. The molecular formula is C16H22N4. The summed E-state index contributed by atoms with van der Waals surface area (Å²) < 4.78 is 0. The Kier molecular flexibility index (Phi) is 4.00. The molecule has 1 saturated carbocycles. The van der Waals surface area contributed by atoms with Crippen LogP contribution in [0.25, 0.3) is 10.9 Å². The number of nitrogen functional groups attached to an aromatic ring is 1. The van der Waals surface area contributed by atoms with Crippen molar-refractivity contribution in [2.75, 3.05) is 17.6 Å². The normalized spacial score (nSPS) is 15.8. The van der Waals surface area contributed by atoms with Gasteiger partial charge in [0.25, 0.3) is 0 Å². The van der Waals surface area contributed by atoms with Crippen molar-refractivity contribution < 1.29 is 0 Å². The maximum absolute atomic E-state index is 5.77. The van der Waals surface area contributed by atoms with Gasteiger partial charge < -0.3 is 11.1 Å². The van der Waals surface area contributed by atoms with E-state index < -0.39 is 0 Å². The number of hydrogen-bond donors (Lipinski definition) is 2. The smallest absolute Gasteiger partial charge is 0.222 e. The van der Waals surface area contributed by atoms with E-state index >= 15 is 0 Å². The average molecular weight is 270 g/mol. The summed E-state index contributed by atoms with van der Waals surface area (Å²) in [6, 6.07) is 7.98. The second-order valence-corrected chi connectivity index (χ2v) is 5.67. The number of anilines is 2. The Labute approximate surface area is 119 Å². The number of nitrogens with one attached hydrogen (secondary N) is 1. The van der Waals surface area contributed by atoms with E-state index in [1.807, 2.05) is 24.3 Å². The van der Waals surface area contributed by atoms with Crippen LogP contribution in [0.2, 0.25) is 0 Å². The number of aromatic nitrogens is 2. The highest BCUT2D eigenvalue weighted by Gasteiger charge is 2.14. The van der Waals surface area contributed by atoms with Gasteiger partial charge in [-0.1, -0.05) is 37.8 Å². The molecular weight excluding hydrogens is 248 g/mol. The minimum atomic E-state index is 0.335. The highest BCUT2D eigenvalue weighted by Crippen LogP contribution is 2.28. The van der Waals surface area contributed by atoms with Crippen LogP contribution in [-0.2, 0) is 0 Å². The molecule has 0 aliphatic heterocycles. The number of hydrogen-bond acceptors (Lipinski definition) is 4. The van der Waals surface area contributed by atoms with E-state index in [2.05, 4.69) is 15.3 Å². The molecule has 106 valence electrons. The number of rotatable bonds is 5. The average Bonchev–Trinajstić information content (AvgIpc) is 2.96. The van der Waals surface area contributed by atoms with E-state index in [9.17, 15) is 0 Å². The lowest BCUT2D eigenvalue weighted by atomic mass is 10.0. The SMILES string of the molecule is Nc1nc(NCCCC2CCCC2)c2ccccc2n1. The number of nitrogens with two attached hydrogens (primary N) is 1. The summed E-state index contributed by atoms with van der Waals surface area (Å²) in [5.74, 6) is 2.14. The van der Waals surface area contributed by atoms with E-state index in [0.717, 1.165) is 29.2 Å². The minimum absolute atomic E-state index is 0.335. The first-order valence-electron chi connectivity index (χ1n) is 7.59. The van der Waals surface area contributed by atoms with Crippen molar-refractivity contribution in [2.45, 2.75) is 38.5 Å². The lowest BCUT2D eigenvalue weighted by Gasteiger charge is -2.11. The maximum Gasteiger partial charge on any atom is 0.222 e. The zero-order valence-corrected chi connectivity index (χ0v) is 11.8. The molecule has 0 atom stereocenters. The van der Waals surface area contributed by atoms with Crippen LogP contribution in [0.1, 0.15) is 38.5 Å². The summed E-state index contributed by atoms with van der Waals surface area (Å²) in [6.45, 7) is 0.955. The van der Waals surface area contributed by atoms with Gasteiger partial charge in [-0.3, -0.25) is 0 Å². The number of nitrogens with zero attached hydrogens (tertiary/aromatic N) is 2. The second kappa shape index (κ2) is 6.07. The molecule has 1 aromatic carbocycles. The third-order valence-electron chi connectivity index (χ3n) is 4.18. The molecule has 1 aromatic heterocycles. The van der Waals surface area contributed by atoms with Gasteiger partial charge in [0, 0.05) is 11.9 Å². The summed E-state index contributed by atoms with van der Waals surface area (Å²) in [7, 11) is 0. The van der Waals surface area contributed by atoms with E-state index in [1.165, 1.54) is 38.5 Å². The Balaban J connectivity index is 1.61. The molecule has 1 aliphatic carbocycles. The van der Waals surface area contributed by atoms with Crippen molar-refractivity contribution in [1.82, 2.24) is 9.97 Å². The van der Waals surface area contributed by atoms with E-state index in [-0.39, 0.29) is 0 Å². The van der Waals surface area contributed by atoms with Crippen molar-refractivity contribution in [3.8, 4) is 0 Å². The van der Waals surface area contributed by atoms with Crippen LogP contribution in [0.3, 0.4) is 0 Å². The fraction of sp³-hybridized carbons (Fsp3) is 0.500. The van der Waals surface area contributed by atoms with Gasteiger partial charge >= 0.3 is 0 Å². The van der Waals surface area contributed by atoms with Crippen LogP contribution >= 0.6 is 0 Å². The maximum atomic E-state index is 5.77. The second-order valence-electron chi connectivity index (χ2n) is 5.67. The van der Waals surface area contributed by atoms with Crippen LogP contribution in [0.5, 0.6) is 0 Å². The monoisotopic (exact) mass is 270 g/mol. The van der Waals surface area contributed by atoms with Crippen molar-refractivity contribution >= 4 is 22.7 Å². The van der Waals surface area contributed by atoms with E-state index in [4.69, 9.17) is 5.73 Å². The zero-order chi connectivity index (χ0) is 13.8. The van der Waals surface area contributed by atoms with Crippen LogP contribution in [-0.4, -0.2) is 16.5 Å². The quantitative estimate of drug-likeness (QED) is 0.815. The molecule has 0 radical (unpaired) electrons. The molecule has 0 bridgehead atoms. The fourth-order valence-corrected chi connectivity index (χ4v) is 3.13. The number of fused-ring (bicyclic) bond motifs is 1. The highest BCUT2D eigenvalue weighted by atomic mass is 15.1. The van der Waals surface area contributed by atoms with Gasteiger partial charge in [0.15, 0.2) is 0 Å². The molecule has 4 nitrogen and oxygen atoms in total. The summed E-state index contributed by atoms with van der Waals surface area (Å²) in [5.41, 5.74) is 6.67. The first-order chi connectivity index (χ1) is 9.83. The largest absolute Gasteiger partial charge is 0.369 e. The fourth-order valence-electron chi connectivity index (χ4n) is 3.13. The molecule has 3 rings (SSSR count). The van der Waals surface area contributed by atoms with Gasteiger partial charge in [0.2, 0.25) is 5.95 Å². The molecule has 0 saturated heterocycles. The van der Waals surface area contributed by atoms with Crippen LogP contribution in [0, 0.1) is 5.92 Å². The Morgan fingerprint density at radius 1 is 1.15 bits per heavy atom. The Bertz CT molecular complexity index is 576. The molecule has 1 heterocycles. The summed E-state index contributed by atoms with van der Waals surface area (Å²) in [5, 5.41) is 4.47. The molecule has 4 heteroatoms. The molecule has 20 heavy (non-hydrogen) atoms. The first-order valence-corrected chi connectivity index (χ1v) is 7.59. The van der Waals surface area contributed by atoms with Gasteiger partial charge in [0.1, 0.15) is 5.82 Å². The van der Waals surface area contributed by atoms with Crippen LogP contribution < -0.4 is 11.1 Å². The summed E-state index contributed by atoms with van der Waals surface area (Å²) in [6.07, 6.45) is 8.21. The molecule has 3 N–H and O–H groups in total. The predicted octanol–water partition coefficient (Wildman–Crippen LogP) is 3.59. The van der Waals surface area contributed by atoms with E-state index in [1.54, 1.807) is 0 Å². The third kappa shape index (κ3) is 3.00. The summed E-state index contributed by atoms with van der Waals surface area (Å²) >= 11 is 0.